The largest absolute Gasteiger partial charge is 0.371 e. The highest BCUT2D eigenvalue weighted by Crippen LogP contribution is 2.28. The van der Waals surface area contributed by atoms with E-state index in [1.165, 1.54) is 11.3 Å². The Morgan fingerprint density at radius 1 is 1.42 bits per heavy atom. The summed E-state index contributed by atoms with van der Waals surface area (Å²) in [5.74, 6) is 0. The average molecular weight is 157 g/mol. The van der Waals surface area contributed by atoms with Gasteiger partial charge in [0.15, 0.2) is 0 Å². The van der Waals surface area contributed by atoms with Crippen molar-refractivity contribution >= 4 is 5.69 Å². The number of hydrogen-bond donors (Lipinski definition) is 0. The van der Waals surface area contributed by atoms with Crippen LogP contribution in [-0.4, -0.2) is 13.1 Å². The Morgan fingerprint density at radius 3 is 3.00 bits per heavy atom. The average Bonchev–Trinajstić information content (AvgIpc) is 2.46. The van der Waals surface area contributed by atoms with E-state index >= 15 is 0 Å². The lowest BCUT2D eigenvalue weighted by Gasteiger charge is -2.16. The molecule has 1 heteroatoms. The number of benzene rings is 1. The molecule has 0 unspecified atom stereocenters. The van der Waals surface area contributed by atoms with Crippen LogP contribution < -0.4 is 4.90 Å². The number of hydrogen-bond acceptors (Lipinski definition) is 1. The molecule has 1 aromatic rings. The lowest BCUT2D eigenvalue weighted by atomic mass is 10.1. The molecule has 0 N–H and O–H groups in total. The molecule has 1 nitrogen and oxygen atoms in total. The summed E-state index contributed by atoms with van der Waals surface area (Å²) < 4.78 is 0. The van der Waals surface area contributed by atoms with Crippen molar-refractivity contribution in [3.63, 3.8) is 0 Å². The molecule has 0 atom stereocenters. The van der Waals surface area contributed by atoms with E-state index in [2.05, 4.69) is 11.0 Å². The van der Waals surface area contributed by atoms with Crippen molar-refractivity contribution in [3.05, 3.63) is 43.2 Å². The zero-order chi connectivity index (χ0) is 8.55. The van der Waals surface area contributed by atoms with Crippen molar-refractivity contribution < 1.29 is 0 Å². The molecule has 2 rings (SSSR count). The van der Waals surface area contributed by atoms with Gasteiger partial charge in [-0.2, -0.15) is 0 Å². The minimum Gasteiger partial charge on any atom is -0.371 e. The molecule has 0 amide bonds. The highest BCUT2D eigenvalue weighted by Gasteiger charge is 2.16. The zero-order valence-electron chi connectivity index (χ0n) is 6.96. The minimum absolute atomic E-state index is 0.580. The topological polar surface area (TPSA) is 3.24 Å². The molecule has 0 bridgehead atoms. The van der Waals surface area contributed by atoms with Gasteiger partial charge in [0.05, 0.1) is 0 Å². The van der Waals surface area contributed by atoms with Gasteiger partial charge in [-0.1, -0.05) is 12.1 Å². The van der Waals surface area contributed by atoms with Crippen LogP contribution in [0, 0.1) is 13.8 Å². The second-order valence-corrected chi connectivity index (χ2v) is 3.08. The minimum atomic E-state index is 0.580. The summed E-state index contributed by atoms with van der Waals surface area (Å²) >= 11 is 0. The van der Waals surface area contributed by atoms with E-state index in [0.717, 1.165) is 18.5 Å². The van der Waals surface area contributed by atoms with Crippen LogP contribution in [0.25, 0.3) is 0 Å². The van der Waals surface area contributed by atoms with Gasteiger partial charge in [0.2, 0.25) is 0 Å². The summed E-state index contributed by atoms with van der Waals surface area (Å²) in [5.41, 5.74) is 3.38. The third kappa shape index (κ3) is 1.09. The molecule has 60 valence electrons. The van der Waals surface area contributed by atoms with Crippen molar-refractivity contribution in [1.29, 1.82) is 0 Å². The summed E-state index contributed by atoms with van der Waals surface area (Å²) in [6.07, 6.45) is 1.09. The first-order chi connectivity index (χ1) is 5.81. The number of fused-ring (bicyclic) bond motifs is 1. The Kier molecular flexibility index (Phi) is 1.80. The van der Waals surface area contributed by atoms with E-state index in [9.17, 15) is 0 Å². The van der Waals surface area contributed by atoms with Crippen LogP contribution in [0.2, 0.25) is 0 Å². The molecule has 1 aromatic carbocycles. The summed E-state index contributed by atoms with van der Waals surface area (Å²) in [6.45, 7) is 12.9. The van der Waals surface area contributed by atoms with Crippen molar-refractivity contribution in [2.45, 2.75) is 6.42 Å². The van der Waals surface area contributed by atoms with Gasteiger partial charge in [0.25, 0.3) is 0 Å². The molecule has 0 spiro atoms. The molecular formula is C11H11N. The van der Waals surface area contributed by atoms with Crippen LogP contribution in [0.4, 0.5) is 5.69 Å². The first-order valence-electron chi connectivity index (χ1n) is 4.14. The Hall–Kier alpha value is -0.980. The van der Waals surface area contributed by atoms with E-state index in [1.807, 2.05) is 12.1 Å². The zero-order valence-corrected chi connectivity index (χ0v) is 6.96. The van der Waals surface area contributed by atoms with Gasteiger partial charge in [-0.05, 0) is 37.5 Å². The highest BCUT2D eigenvalue weighted by molar-refractivity contribution is 5.59. The van der Waals surface area contributed by atoms with E-state index in [4.69, 9.17) is 13.8 Å². The molecule has 0 aromatic heterocycles. The maximum absolute atomic E-state index is 5.68. The van der Waals surface area contributed by atoms with Gasteiger partial charge >= 0.3 is 0 Å². The number of nitrogens with zero attached hydrogens (tertiary/aromatic N) is 1. The maximum Gasteiger partial charge on any atom is 0.0402 e. The van der Waals surface area contributed by atoms with Gasteiger partial charge in [0, 0.05) is 18.8 Å². The lowest BCUT2D eigenvalue weighted by Crippen LogP contribution is -2.19. The van der Waals surface area contributed by atoms with Crippen LogP contribution in [0.1, 0.15) is 11.1 Å². The monoisotopic (exact) mass is 157 g/mol. The molecule has 1 heterocycles. The van der Waals surface area contributed by atoms with E-state index in [-0.39, 0.29) is 0 Å². The second kappa shape index (κ2) is 2.81. The standard InChI is InChI=1S/C11H11N/c1-3-12-7-6-10-5-4-9(2)8-11(10)12/h1-2,4-5,8H,3,6-7H2. The van der Waals surface area contributed by atoms with Gasteiger partial charge in [-0.3, -0.25) is 0 Å². The molecule has 0 saturated heterocycles. The fraction of sp³-hybridized carbons (Fsp3) is 0.273. The maximum atomic E-state index is 5.68. The first-order valence-corrected chi connectivity index (χ1v) is 4.14. The van der Waals surface area contributed by atoms with Crippen molar-refractivity contribution in [2.75, 3.05) is 18.0 Å². The molecule has 0 saturated carbocycles. The molecule has 1 aliphatic heterocycles. The molecule has 12 heavy (non-hydrogen) atoms. The van der Waals surface area contributed by atoms with E-state index in [0.29, 0.717) is 6.54 Å². The Bertz CT molecular complexity index is 291. The number of rotatable bonds is 1. The third-order valence-corrected chi connectivity index (χ3v) is 2.32. The third-order valence-electron chi connectivity index (χ3n) is 2.32. The predicted molar refractivity (Wildman–Crippen MR) is 50.1 cm³/mol. The van der Waals surface area contributed by atoms with Crippen molar-refractivity contribution in [3.8, 4) is 0 Å². The van der Waals surface area contributed by atoms with Gasteiger partial charge < -0.3 is 4.90 Å². The van der Waals surface area contributed by atoms with Gasteiger partial charge in [0.1, 0.15) is 0 Å². The highest BCUT2D eigenvalue weighted by atomic mass is 15.1. The van der Waals surface area contributed by atoms with Crippen LogP contribution in [-0.2, 0) is 6.42 Å². The Labute approximate surface area is 74.0 Å². The van der Waals surface area contributed by atoms with E-state index < -0.39 is 0 Å². The smallest absolute Gasteiger partial charge is 0.0402 e. The van der Waals surface area contributed by atoms with Crippen molar-refractivity contribution in [1.82, 2.24) is 0 Å². The molecule has 0 fully saturated rings. The van der Waals surface area contributed by atoms with E-state index in [1.54, 1.807) is 0 Å². The Balaban J connectivity index is 2.42. The normalized spacial score (nSPS) is 15.0. The van der Waals surface area contributed by atoms with Crippen LogP contribution in [0.5, 0.6) is 0 Å². The van der Waals surface area contributed by atoms with Gasteiger partial charge in [-0.15, -0.1) is 0 Å². The van der Waals surface area contributed by atoms with Gasteiger partial charge in [-0.25, -0.2) is 0 Å². The number of anilines is 1. The summed E-state index contributed by atoms with van der Waals surface area (Å²) in [6, 6.07) is 6.02. The summed E-state index contributed by atoms with van der Waals surface area (Å²) in [7, 11) is 0. The Morgan fingerprint density at radius 2 is 2.25 bits per heavy atom. The predicted octanol–water partition coefficient (Wildman–Crippen LogP) is 1.82. The molecular weight excluding hydrogens is 146 g/mol. The first kappa shape index (κ1) is 7.66. The van der Waals surface area contributed by atoms with Crippen LogP contribution in [0.15, 0.2) is 18.2 Å². The SMILES string of the molecule is [CH]CN1CCc2ccc([CH])cc21. The summed E-state index contributed by atoms with van der Waals surface area (Å²) in [4.78, 5) is 2.14. The quantitative estimate of drug-likeness (QED) is 0.601. The molecule has 0 aliphatic carbocycles. The van der Waals surface area contributed by atoms with Crippen LogP contribution in [0.3, 0.4) is 0 Å². The second-order valence-electron chi connectivity index (χ2n) is 3.08. The summed E-state index contributed by atoms with van der Waals surface area (Å²) in [5, 5.41) is 0. The fourth-order valence-electron chi connectivity index (χ4n) is 1.65. The fourth-order valence-corrected chi connectivity index (χ4v) is 1.65. The van der Waals surface area contributed by atoms with Crippen molar-refractivity contribution in [2.24, 2.45) is 0 Å². The lowest BCUT2D eigenvalue weighted by molar-refractivity contribution is 0.902. The molecule has 1 aliphatic rings. The van der Waals surface area contributed by atoms with Crippen LogP contribution >= 0.6 is 0 Å². The molecule has 4 radical (unpaired) electrons.